The van der Waals surface area contributed by atoms with Crippen LogP contribution < -0.4 is 0 Å². The van der Waals surface area contributed by atoms with Crippen molar-refractivity contribution in [3.05, 3.63) is 35.4 Å². The first-order valence-electron chi connectivity index (χ1n) is 4.80. The van der Waals surface area contributed by atoms with E-state index in [1.807, 2.05) is 13.0 Å². The minimum absolute atomic E-state index is 0.0112. The van der Waals surface area contributed by atoms with Crippen LogP contribution >= 0.6 is 0 Å². The number of phenolic OH excluding ortho intramolecular Hbond substituents is 1. The van der Waals surface area contributed by atoms with Crippen molar-refractivity contribution in [1.29, 1.82) is 0 Å². The van der Waals surface area contributed by atoms with Crippen molar-refractivity contribution >= 4 is 11.5 Å². The third-order valence-electron chi connectivity index (χ3n) is 2.18. The largest absolute Gasteiger partial charge is 0.507 e. The number of hydrogen-bond acceptors (Lipinski definition) is 2. The number of carboxylic acids is 1. The molecule has 0 aliphatic carbocycles. The zero-order valence-electron chi connectivity index (χ0n) is 8.82. The van der Waals surface area contributed by atoms with Gasteiger partial charge in [0, 0.05) is 5.56 Å². The van der Waals surface area contributed by atoms with Gasteiger partial charge in [0.05, 0.1) is 5.56 Å². The van der Waals surface area contributed by atoms with Gasteiger partial charge in [-0.2, -0.15) is 0 Å². The molecule has 0 fully saturated rings. The number of aromatic carboxylic acids is 1. The van der Waals surface area contributed by atoms with Gasteiger partial charge >= 0.3 is 5.97 Å². The molecule has 0 amide bonds. The third-order valence-corrected chi connectivity index (χ3v) is 2.18. The van der Waals surface area contributed by atoms with Gasteiger partial charge in [-0.25, -0.2) is 4.79 Å². The van der Waals surface area contributed by atoms with Gasteiger partial charge in [0.25, 0.3) is 0 Å². The van der Waals surface area contributed by atoms with Crippen molar-refractivity contribution in [3.63, 3.8) is 0 Å². The van der Waals surface area contributed by atoms with Crippen LogP contribution in [-0.4, -0.2) is 16.2 Å². The summed E-state index contributed by atoms with van der Waals surface area (Å²) in [4.78, 5) is 10.9. The van der Waals surface area contributed by atoms with E-state index in [4.69, 9.17) is 5.11 Å². The highest BCUT2D eigenvalue weighted by Crippen LogP contribution is 2.28. The Labute approximate surface area is 88.7 Å². The molecule has 3 nitrogen and oxygen atoms in total. The fourth-order valence-corrected chi connectivity index (χ4v) is 1.54. The van der Waals surface area contributed by atoms with E-state index in [-0.39, 0.29) is 11.3 Å². The van der Waals surface area contributed by atoms with Gasteiger partial charge in [0.1, 0.15) is 5.75 Å². The second-order valence-corrected chi connectivity index (χ2v) is 3.30. The van der Waals surface area contributed by atoms with E-state index in [9.17, 15) is 9.90 Å². The molecular weight excluding hydrogens is 192 g/mol. The highest BCUT2D eigenvalue weighted by Gasteiger charge is 2.14. The lowest BCUT2D eigenvalue weighted by molar-refractivity contribution is 0.0696. The molecule has 0 aliphatic heterocycles. The maximum Gasteiger partial charge on any atom is 0.336 e. The Hall–Kier alpha value is -1.77. The van der Waals surface area contributed by atoms with Gasteiger partial charge in [-0.15, -0.1) is 0 Å². The fraction of sp³-hybridized carbons (Fsp3) is 0.250. The van der Waals surface area contributed by atoms with Crippen LogP contribution in [0.5, 0.6) is 5.75 Å². The Kier molecular flexibility index (Phi) is 3.50. The molecule has 0 atom stereocenters. The predicted octanol–water partition coefficient (Wildman–Crippen LogP) is 2.90. The fourth-order valence-electron chi connectivity index (χ4n) is 1.54. The van der Waals surface area contributed by atoms with Gasteiger partial charge in [-0.05, 0) is 31.1 Å². The average molecular weight is 206 g/mol. The van der Waals surface area contributed by atoms with E-state index in [0.717, 1.165) is 12.0 Å². The SMILES string of the molecule is CCC=C(C)c1c(O)cccc1C(=O)O. The van der Waals surface area contributed by atoms with Crippen molar-refractivity contribution in [2.45, 2.75) is 20.3 Å². The summed E-state index contributed by atoms with van der Waals surface area (Å²) >= 11 is 0. The summed E-state index contributed by atoms with van der Waals surface area (Å²) in [6.45, 7) is 3.76. The number of allylic oxidation sites excluding steroid dienone is 2. The molecule has 0 heterocycles. The number of aromatic hydroxyl groups is 1. The predicted molar refractivity (Wildman–Crippen MR) is 59.0 cm³/mol. The molecular formula is C12H14O3. The van der Waals surface area contributed by atoms with Crippen LogP contribution in [-0.2, 0) is 0 Å². The van der Waals surface area contributed by atoms with Gasteiger partial charge in [-0.1, -0.05) is 19.1 Å². The van der Waals surface area contributed by atoms with Gasteiger partial charge in [0.15, 0.2) is 0 Å². The van der Waals surface area contributed by atoms with Crippen molar-refractivity contribution in [1.82, 2.24) is 0 Å². The zero-order valence-corrected chi connectivity index (χ0v) is 8.82. The molecule has 0 aliphatic rings. The van der Waals surface area contributed by atoms with Crippen LogP contribution in [0.2, 0.25) is 0 Å². The number of carbonyl (C=O) groups is 1. The molecule has 0 saturated carbocycles. The molecule has 0 unspecified atom stereocenters. The minimum atomic E-state index is -1.02. The van der Waals surface area contributed by atoms with Crippen LogP contribution in [0.15, 0.2) is 24.3 Å². The van der Waals surface area contributed by atoms with E-state index >= 15 is 0 Å². The number of hydrogen-bond donors (Lipinski definition) is 2. The molecule has 0 bridgehead atoms. The Balaban J connectivity index is 3.37. The summed E-state index contributed by atoms with van der Waals surface area (Å²) in [7, 11) is 0. The summed E-state index contributed by atoms with van der Waals surface area (Å²) in [5.74, 6) is -1.01. The Bertz CT molecular complexity index is 405. The molecule has 15 heavy (non-hydrogen) atoms. The van der Waals surface area contributed by atoms with Gasteiger partial charge in [0.2, 0.25) is 0 Å². The van der Waals surface area contributed by atoms with Gasteiger partial charge in [-0.3, -0.25) is 0 Å². The Morgan fingerprint density at radius 2 is 2.13 bits per heavy atom. The Morgan fingerprint density at radius 3 is 2.67 bits per heavy atom. The van der Waals surface area contributed by atoms with Crippen LogP contribution in [0.4, 0.5) is 0 Å². The lowest BCUT2D eigenvalue weighted by Gasteiger charge is -2.08. The lowest BCUT2D eigenvalue weighted by Crippen LogP contribution is -2.01. The van der Waals surface area contributed by atoms with Crippen molar-refractivity contribution in [3.8, 4) is 5.75 Å². The first kappa shape index (κ1) is 11.3. The molecule has 1 aromatic carbocycles. The summed E-state index contributed by atoms with van der Waals surface area (Å²) in [6.07, 6.45) is 2.70. The standard InChI is InChI=1S/C12H14O3/c1-3-5-8(2)11-9(12(14)15)6-4-7-10(11)13/h4-7,13H,3H2,1-2H3,(H,14,15). The quantitative estimate of drug-likeness (QED) is 0.799. The molecule has 3 heteroatoms. The van der Waals surface area contributed by atoms with E-state index in [2.05, 4.69) is 0 Å². The van der Waals surface area contributed by atoms with Crippen LogP contribution in [0.1, 0.15) is 36.2 Å². The number of phenols is 1. The van der Waals surface area contributed by atoms with E-state index < -0.39 is 5.97 Å². The third kappa shape index (κ3) is 2.37. The van der Waals surface area contributed by atoms with Crippen molar-refractivity contribution in [2.24, 2.45) is 0 Å². The summed E-state index contributed by atoms with van der Waals surface area (Å²) in [5, 5.41) is 18.6. The normalized spacial score (nSPS) is 11.5. The van der Waals surface area contributed by atoms with Crippen molar-refractivity contribution in [2.75, 3.05) is 0 Å². The smallest absolute Gasteiger partial charge is 0.336 e. The van der Waals surface area contributed by atoms with Crippen LogP contribution in [0.3, 0.4) is 0 Å². The maximum absolute atomic E-state index is 10.9. The minimum Gasteiger partial charge on any atom is -0.507 e. The first-order chi connectivity index (χ1) is 7.07. The zero-order chi connectivity index (χ0) is 11.4. The molecule has 80 valence electrons. The average Bonchev–Trinajstić information content (AvgIpc) is 2.17. The van der Waals surface area contributed by atoms with Crippen molar-refractivity contribution < 1.29 is 15.0 Å². The first-order valence-corrected chi connectivity index (χ1v) is 4.80. The molecule has 0 spiro atoms. The summed E-state index contributed by atoms with van der Waals surface area (Å²) in [5.41, 5.74) is 1.33. The maximum atomic E-state index is 10.9. The topological polar surface area (TPSA) is 57.5 Å². The number of rotatable bonds is 3. The second kappa shape index (κ2) is 4.64. The van der Waals surface area contributed by atoms with E-state index in [1.165, 1.54) is 18.2 Å². The Morgan fingerprint density at radius 1 is 1.47 bits per heavy atom. The van der Waals surface area contributed by atoms with E-state index in [1.54, 1.807) is 6.92 Å². The molecule has 1 aromatic rings. The highest BCUT2D eigenvalue weighted by molar-refractivity contribution is 5.95. The highest BCUT2D eigenvalue weighted by atomic mass is 16.4. The van der Waals surface area contributed by atoms with Crippen LogP contribution in [0, 0.1) is 0 Å². The molecule has 2 N–H and O–H groups in total. The monoisotopic (exact) mass is 206 g/mol. The summed E-state index contributed by atoms with van der Waals surface area (Å²) in [6, 6.07) is 4.51. The molecule has 0 saturated heterocycles. The lowest BCUT2D eigenvalue weighted by atomic mass is 9.99. The molecule has 0 radical (unpaired) electrons. The number of benzene rings is 1. The second-order valence-electron chi connectivity index (χ2n) is 3.30. The van der Waals surface area contributed by atoms with Crippen LogP contribution in [0.25, 0.3) is 5.57 Å². The summed E-state index contributed by atoms with van der Waals surface area (Å²) < 4.78 is 0. The van der Waals surface area contributed by atoms with E-state index in [0.29, 0.717) is 5.56 Å². The number of carboxylic acid groups (broad SMARTS) is 1. The molecule has 0 aromatic heterocycles. The molecule has 1 rings (SSSR count). The van der Waals surface area contributed by atoms with Gasteiger partial charge < -0.3 is 10.2 Å².